The predicted molar refractivity (Wildman–Crippen MR) is 124 cm³/mol. The van der Waals surface area contributed by atoms with Gasteiger partial charge >= 0.3 is 0 Å². The minimum absolute atomic E-state index is 0.551. The van der Waals surface area contributed by atoms with Crippen LogP contribution in [0.1, 0.15) is 24.6 Å². The molecule has 5 rings (SSSR count). The molecule has 1 N–H and O–H groups in total. The van der Waals surface area contributed by atoms with E-state index in [-0.39, 0.29) is 0 Å². The Morgan fingerprint density at radius 3 is 2.72 bits per heavy atom. The molecule has 0 unspecified atom stereocenters. The molecule has 0 radical (unpaired) electrons. The van der Waals surface area contributed by atoms with Crippen LogP contribution in [0.15, 0.2) is 48.9 Å². The number of rotatable bonds is 4. The third kappa shape index (κ3) is 4.43. The van der Waals surface area contributed by atoms with Crippen molar-refractivity contribution in [1.82, 2.24) is 35.0 Å². The van der Waals surface area contributed by atoms with Crippen LogP contribution in [0.5, 0.6) is 0 Å². The quantitative estimate of drug-likeness (QED) is 0.504. The van der Waals surface area contributed by atoms with Crippen molar-refractivity contribution in [2.24, 2.45) is 0 Å². The summed E-state index contributed by atoms with van der Waals surface area (Å²) >= 11 is 0. The third-order valence-electron chi connectivity index (χ3n) is 5.50. The third-order valence-corrected chi connectivity index (χ3v) is 5.50. The van der Waals surface area contributed by atoms with Gasteiger partial charge in [0, 0.05) is 49.5 Å². The Labute approximate surface area is 186 Å². The average Bonchev–Trinajstić information content (AvgIpc) is 3.32. The molecule has 32 heavy (non-hydrogen) atoms. The molecule has 0 aliphatic carbocycles. The number of benzene rings is 1. The first kappa shape index (κ1) is 20.1. The summed E-state index contributed by atoms with van der Waals surface area (Å²) in [5.74, 6) is 7.58. The zero-order chi connectivity index (χ0) is 21.8. The molecule has 1 aliphatic heterocycles. The normalized spacial score (nSPS) is 14.3. The summed E-state index contributed by atoms with van der Waals surface area (Å²) in [5.41, 5.74) is 3.25. The highest BCUT2D eigenvalue weighted by atomic mass is 15.3. The van der Waals surface area contributed by atoms with Crippen molar-refractivity contribution in [3.8, 4) is 23.4 Å². The largest absolute Gasteiger partial charge is 0.338 e. The SMILES string of the molecule is CCCN1CCN(c2nccc(-c3nccc(C#Cc4ccc5[nH]ncc5c4)n3)n2)CC1. The van der Waals surface area contributed by atoms with Gasteiger partial charge in [0.1, 0.15) is 11.4 Å². The molecule has 0 saturated carbocycles. The number of hydrogen-bond donors (Lipinski definition) is 1. The smallest absolute Gasteiger partial charge is 0.226 e. The zero-order valence-corrected chi connectivity index (χ0v) is 18.0. The lowest BCUT2D eigenvalue weighted by Gasteiger charge is -2.34. The van der Waals surface area contributed by atoms with Gasteiger partial charge in [0.2, 0.25) is 5.95 Å². The minimum Gasteiger partial charge on any atom is -0.338 e. The zero-order valence-electron chi connectivity index (χ0n) is 18.0. The van der Waals surface area contributed by atoms with Crippen LogP contribution in [-0.2, 0) is 0 Å². The molecule has 1 saturated heterocycles. The monoisotopic (exact) mass is 424 g/mol. The first-order valence-corrected chi connectivity index (χ1v) is 10.9. The number of hydrogen-bond acceptors (Lipinski definition) is 7. The van der Waals surface area contributed by atoms with Crippen molar-refractivity contribution < 1.29 is 0 Å². The van der Waals surface area contributed by atoms with Crippen LogP contribution in [-0.4, -0.2) is 67.8 Å². The van der Waals surface area contributed by atoms with Gasteiger partial charge in [-0.1, -0.05) is 12.8 Å². The number of piperazine rings is 1. The van der Waals surface area contributed by atoms with Crippen molar-refractivity contribution in [2.45, 2.75) is 13.3 Å². The van der Waals surface area contributed by atoms with Gasteiger partial charge in [0.25, 0.3) is 0 Å². The first-order chi connectivity index (χ1) is 15.8. The Kier molecular flexibility index (Phi) is 5.73. The highest BCUT2D eigenvalue weighted by Crippen LogP contribution is 2.17. The maximum absolute atomic E-state index is 4.74. The van der Waals surface area contributed by atoms with Crippen LogP contribution >= 0.6 is 0 Å². The Morgan fingerprint density at radius 1 is 0.969 bits per heavy atom. The molecule has 0 spiro atoms. The van der Waals surface area contributed by atoms with Crippen molar-refractivity contribution in [1.29, 1.82) is 0 Å². The Morgan fingerprint density at radius 2 is 1.84 bits per heavy atom. The van der Waals surface area contributed by atoms with Crippen LogP contribution in [0.25, 0.3) is 22.4 Å². The molecule has 3 aromatic heterocycles. The molecule has 1 aliphatic rings. The second-order valence-corrected chi connectivity index (χ2v) is 7.76. The number of nitrogens with zero attached hydrogens (tertiary/aromatic N) is 7. The van der Waals surface area contributed by atoms with Gasteiger partial charge in [-0.3, -0.25) is 10.00 Å². The Balaban J connectivity index is 1.34. The molecule has 4 aromatic rings. The maximum atomic E-state index is 4.74. The van der Waals surface area contributed by atoms with Crippen LogP contribution in [0, 0.1) is 11.8 Å². The summed E-state index contributed by atoms with van der Waals surface area (Å²) in [4.78, 5) is 23.0. The fourth-order valence-corrected chi connectivity index (χ4v) is 3.82. The lowest BCUT2D eigenvalue weighted by molar-refractivity contribution is 0.257. The van der Waals surface area contributed by atoms with Gasteiger partial charge in [0.15, 0.2) is 5.82 Å². The van der Waals surface area contributed by atoms with E-state index in [1.165, 1.54) is 6.42 Å². The second-order valence-electron chi connectivity index (χ2n) is 7.76. The predicted octanol–water partition coefficient (Wildman–Crippen LogP) is 2.74. The second kappa shape index (κ2) is 9.12. The van der Waals surface area contributed by atoms with Gasteiger partial charge in [0.05, 0.1) is 11.7 Å². The van der Waals surface area contributed by atoms with Crippen LogP contribution in [0.4, 0.5) is 5.95 Å². The lowest BCUT2D eigenvalue weighted by Crippen LogP contribution is -2.47. The first-order valence-electron chi connectivity index (χ1n) is 10.9. The van der Waals surface area contributed by atoms with E-state index in [2.05, 4.69) is 53.7 Å². The number of aromatic nitrogens is 6. The standard InChI is InChI=1S/C24H24N8/c1-2-11-31-12-14-32(15-13-31)24-26-10-8-22(29-24)23-25-9-7-20(28-23)5-3-18-4-6-21-19(16-18)17-27-30-21/h4,6-10,16-17H,2,11-15H2,1H3,(H,27,30). The highest BCUT2D eigenvalue weighted by Gasteiger charge is 2.19. The van der Waals surface area contributed by atoms with Crippen molar-refractivity contribution in [3.63, 3.8) is 0 Å². The van der Waals surface area contributed by atoms with E-state index >= 15 is 0 Å². The Hall–Kier alpha value is -3.83. The number of aromatic amines is 1. The lowest BCUT2D eigenvalue weighted by atomic mass is 10.1. The molecular weight excluding hydrogens is 400 g/mol. The van der Waals surface area contributed by atoms with E-state index in [4.69, 9.17) is 4.98 Å². The molecule has 160 valence electrons. The van der Waals surface area contributed by atoms with Crippen LogP contribution in [0.3, 0.4) is 0 Å². The van der Waals surface area contributed by atoms with E-state index in [0.717, 1.165) is 55.1 Å². The maximum Gasteiger partial charge on any atom is 0.226 e. The molecule has 8 heteroatoms. The molecular formula is C24H24N8. The van der Waals surface area contributed by atoms with E-state index in [9.17, 15) is 0 Å². The van der Waals surface area contributed by atoms with E-state index in [1.54, 1.807) is 18.6 Å². The molecule has 0 amide bonds. The summed E-state index contributed by atoms with van der Waals surface area (Å²) < 4.78 is 0. The number of anilines is 1. The topological polar surface area (TPSA) is 86.7 Å². The Bertz CT molecular complexity index is 1280. The average molecular weight is 425 g/mol. The number of nitrogens with one attached hydrogen (secondary N) is 1. The van der Waals surface area contributed by atoms with Crippen LogP contribution < -0.4 is 4.90 Å². The molecule has 0 atom stereocenters. The molecule has 1 aromatic carbocycles. The summed E-state index contributed by atoms with van der Waals surface area (Å²) in [6.07, 6.45) is 6.47. The molecule has 8 nitrogen and oxygen atoms in total. The van der Waals surface area contributed by atoms with Crippen molar-refractivity contribution in [3.05, 3.63) is 60.2 Å². The fourth-order valence-electron chi connectivity index (χ4n) is 3.82. The molecule has 0 bridgehead atoms. The highest BCUT2D eigenvalue weighted by molar-refractivity contribution is 5.79. The number of H-pyrrole nitrogens is 1. The molecule has 4 heterocycles. The fraction of sp³-hybridized carbons (Fsp3) is 0.292. The summed E-state index contributed by atoms with van der Waals surface area (Å²) in [7, 11) is 0. The van der Waals surface area contributed by atoms with Gasteiger partial charge in [-0.15, -0.1) is 0 Å². The van der Waals surface area contributed by atoms with Gasteiger partial charge in [-0.25, -0.2) is 19.9 Å². The van der Waals surface area contributed by atoms with Crippen molar-refractivity contribution in [2.75, 3.05) is 37.6 Å². The van der Waals surface area contributed by atoms with Gasteiger partial charge in [-0.05, 0) is 49.2 Å². The van der Waals surface area contributed by atoms with E-state index in [1.807, 2.05) is 30.3 Å². The van der Waals surface area contributed by atoms with E-state index < -0.39 is 0 Å². The molecule has 1 fully saturated rings. The van der Waals surface area contributed by atoms with Gasteiger partial charge < -0.3 is 4.90 Å². The number of fused-ring (bicyclic) bond motifs is 1. The minimum atomic E-state index is 0.551. The van der Waals surface area contributed by atoms with Crippen LogP contribution in [0.2, 0.25) is 0 Å². The van der Waals surface area contributed by atoms with Crippen molar-refractivity contribution >= 4 is 16.9 Å². The summed E-state index contributed by atoms with van der Waals surface area (Å²) in [6.45, 7) is 7.29. The summed E-state index contributed by atoms with van der Waals surface area (Å²) in [5, 5.41) is 8.02. The van der Waals surface area contributed by atoms with Gasteiger partial charge in [-0.2, -0.15) is 5.10 Å². The van der Waals surface area contributed by atoms with E-state index in [0.29, 0.717) is 17.2 Å². The summed E-state index contributed by atoms with van der Waals surface area (Å²) in [6, 6.07) is 9.60.